The van der Waals surface area contributed by atoms with E-state index in [0.29, 0.717) is 6.10 Å². The van der Waals surface area contributed by atoms with Gasteiger partial charge in [0.15, 0.2) is 0 Å². The summed E-state index contributed by atoms with van der Waals surface area (Å²) in [4.78, 5) is 0. The maximum atomic E-state index is 5.69. The Hall–Kier alpha value is -0.0800. The van der Waals surface area contributed by atoms with Crippen LogP contribution in [0.25, 0.3) is 0 Å². The normalized spacial score (nSPS) is 33.2. The SMILES string of the molecule is CC1CCCC(OC[C@H](C)N)C1. The number of hydrogen-bond acceptors (Lipinski definition) is 2. The van der Waals surface area contributed by atoms with Crippen LogP contribution in [-0.4, -0.2) is 18.8 Å². The average molecular weight is 171 g/mol. The molecule has 72 valence electrons. The quantitative estimate of drug-likeness (QED) is 0.704. The highest BCUT2D eigenvalue weighted by Gasteiger charge is 2.19. The van der Waals surface area contributed by atoms with Gasteiger partial charge >= 0.3 is 0 Å². The highest BCUT2D eigenvalue weighted by molar-refractivity contribution is 4.70. The molecule has 12 heavy (non-hydrogen) atoms. The van der Waals surface area contributed by atoms with E-state index in [1.54, 1.807) is 0 Å². The molecular weight excluding hydrogens is 150 g/mol. The summed E-state index contributed by atoms with van der Waals surface area (Å²) in [6.45, 7) is 5.02. The Morgan fingerprint density at radius 1 is 1.50 bits per heavy atom. The van der Waals surface area contributed by atoms with Crippen LogP contribution in [0.15, 0.2) is 0 Å². The van der Waals surface area contributed by atoms with Crippen LogP contribution in [0.4, 0.5) is 0 Å². The van der Waals surface area contributed by atoms with Gasteiger partial charge in [-0.2, -0.15) is 0 Å². The zero-order valence-corrected chi connectivity index (χ0v) is 8.25. The lowest BCUT2D eigenvalue weighted by atomic mass is 9.89. The van der Waals surface area contributed by atoms with Gasteiger partial charge in [-0.1, -0.05) is 19.8 Å². The monoisotopic (exact) mass is 171 g/mol. The second-order valence-corrected chi connectivity index (χ2v) is 4.20. The summed E-state index contributed by atoms with van der Waals surface area (Å²) in [5, 5.41) is 0. The van der Waals surface area contributed by atoms with Crippen molar-refractivity contribution in [3.63, 3.8) is 0 Å². The second-order valence-electron chi connectivity index (χ2n) is 4.20. The van der Waals surface area contributed by atoms with Gasteiger partial charge in [-0.15, -0.1) is 0 Å². The first-order valence-electron chi connectivity index (χ1n) is 5.05. The Labute approximate surface area is 75.5 Å². The molecule has 1 fully saturated rings. The van der Waals surface area contributed by atoms with Crippen molar-refractivity contribution < 1.29 is 4.74 Å². The van der Waals surface area contributed by atoms with E-state index in [1.165, 1.54) is 25.7 Å². The molecule has 0 aromatic carbocycles. The van der Waals surface area contributed by atoms with Crippen LogP contribution < -0.4 is 5.73 Å². The zero-order chi connectivity index (χ0) is 8.97. The highest BCUT2D eigenvalue weighted by Crippen LogP contribution is 2.25. The fourth-order valence-electron chi connectivity index (χ4n) is 1.82. The molecule has 2 nitrogen and oxygen atoms in total. The Morgan fingerprint density at radius 2 is 2.25 bits per heavy atom. The van der Waals surface area contributed by atoms with Gasteiger partial charge in [0.1, 0.15) is 0 Å². The first-order valence-corrected chi connectivity index (χ1v) is 5.05. The van der Waals surface area contributed by atoms with Crippen molar-refractivity contribution in [3.8, 4) is 0 Å². The molecule has 0 aromatic rings. The molecule has 2 unspecified atom stereocenters. The van der Waals surface area contributed by atoms with Crippen molar-refractivity contribution >= 4 is 0 Å². The standard InChI is InChI=1S/C10H21NO/c1-8-4-3-5-10(6-8)12-7-9(2)11/h8-10H,3-7,11H2,1-2H3/t8?,9-,10?/m0/s1. The lowest BCUT2D eigenvalue weighted by Crippen LogP contribution is -2.28. The molecule has 3 atom stereocenters. The molecule has 1 rings (SSSR count). The lowest BCUT2D eigenvalue weighted by Gasteiger charge is -2.27. The maximum absolute atomic E-state index is 5.69. The Balaban J connectivity index is 2.14. The zero-order valence-electron chi connectivity index (χ0n) is 8.25. The molecular formula is C10H21NO. The van der Waals surface area contributed by atoms with Crippen molar-refractivity contribution in [1.82, 2.24) is 0 Å². The van der Waals surface area contributed by atoms with Gasteiger partial charge in [-0.3, -0.25) is 0 Å². The first kappa shape index (κ1) is 10.0. The summed E-state index contributed by atoms with van der Waals surface area (Å²) in [6.07, 6.45) is 5.65. The average Bonchev–Trinajstić information content (AvgIpc) is 2.01. The molecule has 0 bridgehead atoms. The molecule has 2 N–H and O–H groups in total. The third kappa shape index (κ3) is 3.55. The summed E-state index contributed by atoms with van der Waals surface area (Å²) in [6, 6.07) is 0.183. The molecule has 2 heteroatoms. The molecule has 0 aliphatic heterocycles. The van der Waals surface area contributed by atoms with Crippen LogP contribution in [0.3, 0.4) is 0 Å². The molecule has 0 aromatic heterocycles. The fourth-order valence-corrected chi connectivity index (χ4v) is 1.82. The van der Waals surface area contributed by atoms with Gasteiger partial charge < -0.3 is 10.5 Å². The summed E-state index contributed by atoms with van der Waals surface area (Å²) < 4.78 is 5.69. The van der Waals surface area contributed by atoms with Gasteiger partial charge in [0.2, 0.25) is 0 Å². The van der Waals surface area contributed by atoms with Gasteiger partial charge in [-0.05, 0) is 25.7 Å². The summed E-state index contributed by atoms with van der Waals surface area (Å²) in [7, 11) is 0. The third-order valence-electron chi connectivity index (χ3n) is 2.48. The van der Waals surface area contributed by atoms with Crippen molar-refractivity contribution in [3.05, 3.63) is 0 Å². The summed E-state index contributed by atoms with van der Waals surface area (Å²) >= 11 is 0. The van der Waals surface area contributed by atoms with E-state index in [9.17, 15) is 0 Å². The molecule has 1 aliphatic carbocycles. The number of hydrogen-bond donors (Lipinski definition) is 1. The smallest absolute Gasteiger partial charge is 0.0618 e. The van der Waals surface area contributed by atoms with Crippen LogP contribution in [0, 0.1) is 5.92 Å². The number of rotatable bonds is 3. The van der Waals surface area contributed by atoms with E-state index in [4.69, 9.17) is 10.5 Å². The lowest BCUT2D eigenvalue weighted by molar-refractivity contribution is 0.0106. The minimum atomic E-state index is 0.183. The van der Waals surface area contributed by atoms with Gasteiger partial charge in [-0.25, -0.2) is 0 Å². The Morgan fingerprint density at radius 3 is 2.83 bits per heavy atom. The first-order chi connectivity index (χ1) is 5.68. The third-order valence-corrected chi connectivity index (χ3v) is 2.48. The predicted octanol–water partition coefficient (Wildman–Crippen LogP) is 1.93. The topological polar surface area (TPSA) is 35.2 Å². The minimum absolute atomic E-state index is 0.183. The highest BCUT2D eigenvalue weighted by atomic mass is 16.5. The maximum Gasteiger partial charge on any atom is 0.0618 e. The van der Waals surface area contributed by atoms with Crippen LogP contribution >= 0.6 is 0 Å². The van der Waals surface area contributed by atoms with Crippen molar-refractivity contribution in [1.29, 1.82) is 0 Å². The summed E-state index contributed by atoms with van der Waals surface area (Å²) in [5.74, 6) is 0.844. The van der Waals surface area contributed by atoms with Crippen LogP contribution in [-0.2, 0) is 4.74 Å². The van der Waals surface area contributed by atoms with Crippen LogP contribution in [0.5, 0.6) is 0 Å². The van der Waals surface area contributed by atoms with E-state index in [1.807, 2.05) is 6.92 Å². The van der Waals surface area contributed by atoms with Crippen molar-refractivity contribution in [2.45, 2.75) is 51.7 Å². The van der Waals surface area contributed by atoms with E-state index >= 15 is 0 Å². The number of ether oxygens (including phenoxy) is 1. The Bertz CT molecular complexity index is 125. The molecule has 0 spiro atoms. The van der Waals surface area contributed by atoms with E-state index in [0.717, 1.165) is 12.5 Å². The van der Waals surface area contributed by atoms with Crippen LogP contribution in [0.2, 0.25) is 0 Å². The number of nitrogens with two attached hydrogens (primary N) is 1. The fraction of sp³-hybridized carbons (Fsp3) is 1.00. The Kier molecular flexibility index (Phi) is 4.02. The molecule has 0 saturated heterocycles. The molecule has 1 saturated carbocycles. The summed E-state index contributed by atoms with van der Waals surface area (Å²) in [5.41, 5.74) is 5.62. The van der Waals surface area contributed by atoms with Crippen molar-refractivity contribution in [2.24, 2.45) is 11.7 Å². The largest absolute Gasteiger partial charge is 0.377 e. The van der Waals surface area contributed by atoms with Crippen LogP contribution in [0.1, 0.15) is 39.5 Å². The van der Waals surface area contributed by atoms with E-state index in [-0.39, 0.29) is 6.04 Å². The van der Waals surface area contributed by atoms with Crippen molar-refractivity contribution in [2.75, 3.05) is 6.61 Å². The minimum Gasteiger partial charge on any atom is -0.377 e. The van der Waals surface area contributed by atoms with E-state index < -0.39 is 0 Å². The molecule has 0 radical (unpaired) electrons. The second kappa shape index (κ2) is 4.83. The molecule has 0 heterocycles. The molecule has 1 aliphatic rings. The predicted molar refractivity (Wildman–Crippen MR) is 51.0 cm³/mol. The van der Waals surface area contributed by atoms with E-state index in [2.05, 4.69) is 6.92 Å². The van der Waals surface area contributed by atoms with Gasteiger partial charge in [0, 0.05) is 6.04 Å². The molecule has 0 amide bonds. The van der Waals surface area contributed by atoms with Gasteiger partial charge in [0.25, 0.3) is 0 Å². The van der Waals surface area contributed by atoms with Gasteiger partial charge in [0.05, 0.1) is 12.7 Å².